The Labute approximate surface area is 288 Å². The largest absolute Gasteiger partial charge is 0.349 e. The molecule has 1 fully saturated rings. The molecule has 262 valence electrons. The van der Waals surface area contributed by atoms with Crippen molar-refractivity contribution in [2.75, 3.05) is 23.3 Å². The Morgan fingerprint density at radius 3 is 2.44 bits per heavy atom. The van der Waals surface area contributed by atoms with Crippen LogP contribution < -0.4 is 21.2 Å². The van der Waals surface area contributed by atoms with Crippen LogP contribution in [-0.4, -0.2) is 73.8 Å². The van der Waals surface area contributed by atoms with E-state index in [1.807, 2.05) is 27.7 Å². The first kappa shape index (κ1) is 35.8. The average Bonchev–Trinajstić information content (AvgIpc) is 3.07. The van der Waals surface area contributed by atoms with Gasteiger partial charge in [0.05, 0.1) is 16.5 Å². The van der Waals surface area contributed by atoms with Crippen molar-refractivity contribution in [3.63, 3.8) is 0 Å². The Morgan fingerprint density at radius 1 is 1.02 bits per heavy atom. The van der Waals surface area contributed by atoms with Crippen LogP contribution in [0.15, 0.2) is 60.0 Å². The molecule has 3 N–H and O–H groups in total. The number of rotatable bonds is 9. The summed E-state index contributed by atoms with van der Waals surface area (Å²) in [4.78, 5) is 70.9. The fourth-order valence-corrected chi connectivity index (χ4v) is 6.05. The third-order valence-electron chi connectivity index (χ3n) is 8.74. The first-order chi connectivity index (χ1) is 23.7. The molecule has 1 aliphatic rings. The number of carbonyl (C=O) groups is 3. The maximum absolute atomic E-state index is 16.1. The predicted octanol–water partition coefficient (Wildman–Crippen LogP) is 4.79. The van der Waals surface area contributed by atoms with Crippen molar-refractivity contribution in [2.24, 2.45) is 5.92 Å². The lowest BCUT2D eigenvalue weighted by molar-refractivity contribution is -0.128. The average molecular weight is 687 g/mol. The molecular formula is C36H40F2N8O4. The summed E-state index contributed by atoms with van der Waals surface area (Å²) in [5.74, 6) is -3.57. The Balaban J connectivity index is 1.49. The van der Waals surface area contributed by atoms with Crippen molar-refractivity contribution in [3.8, 4) is 11.3 Å². The van der Waals surface area contributed by atoms with Gasteiger partial charge in [0.2, 0.25) is 11.8 Å². The first-order valence-corrected chi connectivity index (χ1v) is 16.4. The highest BCUT2D eigenvalue weighted by Crippen LogP contribution is 2.33. The van der Waals surface area contributed by atoms with Gasteiger partial charge in [-0.05, 0) is 62.1 Å². The van der Waals surface area contributed by atoms with E-state index >= 15 is 8.78 Å². The van der Waals surface area contributed by atoms with Crippen LogP contribution in [-0.2, 0) is 9.59 Å². The molecule has 4 heterocycles. The zero-order valence-electron chi connectivity index (χ0n) is 28.8. The normalized spacial score (nSPS) is 16.8. The molecule has 4 aromatic rings. The fraction of sp³-hybridized carbons (Fsp3) is 0.361. The molecular weight excluding hydrogens is 646 g/mol. The van der Waals surface area contributed by atoms with Crippen LogP contribution in [0.5, 0.6) is 0 Å². The highest BCUT2D eigenvalue weighted by Gasteiger charge is 2.34. The monoisotopic (exact) mass is 686 g/mol. The maximum atomic E-state index is 16.1. The Kier molecular flexibility index (Phi) is 10.4. The second-order valence-corrected chi connectivity index (χ2v) is 13.1. The molecule has 3 atom stereocenters. The van der Waals surface area contributed by atoms with Crippen LogP contribution >= 0.6 is 0 Å². The number of H-pyrrole nitrogens is 1. The number of aromatic nitrogens is 4. The number of aromatic amines is 1. The van der Waals surface area contributed by atoms with E-state index in [0.717, 1.165) is 17.8 Å². The van der Waals surface area contributed by atoms with Gasteiger partial charge < -0.3 is 20.4 Å². The number of nitrogens with zero attached hydrogens (tertiary/aromatic N) is 5. The molecule has 0 aliphatic carbocycles. The van der Waals surface area contributed by atoms with E-state index in [9.17, 15) is 19.2 Å². The van der Waals surface area contributed by atoms with Crippen molar-refractivity contribution < 1.29 is 23.2 Å². The van der Waals surface area contributed by atoms with E-state index in [0.29, 0.717) is 12.2 Å². The Hall–Kier alpha value is -5.53. The number of anilines is 2. The van der Waals surface area contributed by atoms with E-state index in [-0.39, 0.29) is 58.8 Å². The van der Waals surface area contributed by atoms with Gasteiger partial charge in [-0.2, -0.15) is 4.98 Å². The van der Waals surface area contributed by atoms with Crippen LogP contribution in [0.3, 0.4) is 0 Å². The number of hydrogen-bond donors (Lipinski definition) is 3. The number of benzene rings is 1. The minimum absolute atomic E-state index is 0.0759. The van der Waals surface area contributed by atoms with Gasteiger partial charge in [0.25, 0.3) is 5.91 Å². The number of pyridine rings is 2. The van der Waals surface area contributed by atoms with Crippen LogP contribution in [0, 0.1) is 17.6 Å². The molecule has 3 aromatic heterocycles. The van der Waals surface area contributed by atoms with E-state index in [2.05, 4.69) is 37.1 Å². The molecule has 0 bridgehead atoms. The van der Waals surface area contributed by atoms with Crippen LogP contribution in [0.4, 0.5) is 20.3 Å². The van der Waals surface area contributed by atoms with Crippen molar-refractivity contribution in [1.29, 1.82) is 0 Å². The minimum atomic E-state index is -1.04. The molecule has 1 saturated heterocycles. The van der Waals surface area contributed by atoms with Crippen molar-refractivity contribution in [2.45, 2.75) is 65.6 Å². The van der Waals surface area contributed by atoms with Gasteiger partial charge in [-0.15, -0.1) is 0 Å². The summed E-state index contributed by atoms with van der Waals surface area (Å²) in [5, 5.41) is 5.64. The molecule has 50 heavy (non-hydrogen) atoms. The zero-order valence-corrected chi connectivity index (χ0v) is 28.8. The number of hydrogen-bond acceptors (Lipinski definition) is 8. The van der Waals surface area contributed by atoms with Crippen LogP contribution in [0.1, 0.15) is 63.5 Å². The lowest BCUT2D eigenvalue weighted by Crippen LogP contribution is -2.58. The Morgan fingerprint density at radius 2 is 1.76 bits per heavy atom. The molecule has 5 rings (SSSR count). The summed E-state index contributed by atoms with van der Waals surface area (Å²) in [5.41, 5.74) is -0.788. The third kappa shape index (κ3) is 7.24. The van der Waals surface area contributed by atoms with Crippen molar-refractivity contribution in [1.82, 2.24) is 30.2 Å². The topological polar surface area (TPSA) is 153 Å². The smallest absolute Gasteiger partial charge is 0.348 e. The van der Waals surface area contributed by atoms with Crippen molar-refractivity contribution >= 4 is 40.3 Å². The minimum Gasteiger partial charge on any atom is -0.349 e. The number of piperazine rings is 1. The standard InChI is InChI=1S/C36H40F2N8O4/c1-8-28(47)45-16-21(7)46(17-20(45)6)33-24-15-26(38)31(41-32(24)43-36(50)44-33)29-23(10-9-11-25(29)37)34(48)42-30(19(4)5)35(49)40-22-12-13-39-27(14-22)18(2)3/h8-15,18-21,30H,1,16-17H2,2-7H3,(H,42,48)(H,39,40,49)(H,41,43,44,50)/t20-,21+,30?/m1/s1. The molecule has 0 radical (unpaired) electrons. The van der Waals surface area contributed by atoms with Crippen LogP contribution in [0.25, 0.3) is 22.3 Å². The number of amides is 3. The molecule has 14 heteroatoms. The molecule has 1 aliphatic heterocycles. The number of carbonyl (C=O) groups excluding carboxylic acids is 3. The quantitative estimate of drug-likeness (QED) is 0.213. The first-order valence-electron chi connectivity index (χ1n) is 16.4. The summed E-state index contributed by atoms with van der Waals surface area (Å²) in [6.07, 6.45) is 2.82. The summed E-state index contributed by atoms with van der Waals surface area (Å²) < 4.78 is 31.7. The molecule has 0 saturated carbocycles. The van der Waals surface area contributed by atoms with E-state index in [4.69, 9.17) is 0 Å². The van der Waals surface area contributed by atoms with Gasteiger partial charge in [-0.25, -0.2) is 18.6 Å². The highest BCUT2D eigenvalue weighted by molar-refractivity contribution is 6.05. The number of halogens is 2. The summed E-state index contributed by atoms with van der Waals surface area (Å²) in [6.45, 7) is 15.3. The second-order valence-electron chi connectivity index (χ2n) is 13.1. The van der Waals surface area contributed by atoms with Crippen molar-refractivity contribution in [3.05, 3.63) is 88.6 Å². The summed E-state index contributed by atoms with van der Waals surface area (Å²) in [6, 6.07) is 6.52. The molecule has 1 unspecified atom stereocenters. The second kappa shape index (κ2) is 14.5. The third-order valence-corrected chi connectivity index (χ3v) is 8.74. The van der Waals surface area contributed by atoms with E-state index in [1.54, 1.807) is 42.0 Å². The van der Waals surface area contributed by atoms with Gasteiger partial charge in [-0.1, -0.05) is 40.3 Å². The Bertz CT molecular complexity index is 2030. The highest BCUT2D eigenvalue weighted by atomic mass is 19.1. The predicted molar refractivity (Wildman–Crippen MR) is 187 cm³/mol. The molecule has 12 nitrogen and oxygen atoms in total. The van der Waals surface area contributed by atoms with Gasteiger partial charge in [0, 0.05) is 42.8 Å². The van der Waals surface area contributed by atoms with E-state index in [1.165, 1.54) is 18.2 Å². The SMILES string of the molecule is C=CC(=O)N1C[C@H](C)N(c2nc(=O)[nH]c3nc(-c4c(F)cccc4C(=O)NC(C(=O)Nc4ccnc(C(C)C)c4)C(C)C)c(F)cc23)C[C@H]1C. The zero-order chi connectivity index (χ0) is 36.4. The molecule has 0 spiro atoms. The lowest BCUT2D eigenvalue weighted by atomic mass is 9.99. The fourth-order valence-electron chi connectivity index (χ4n) is 6.05. The number of fused-ring (bicyclic) bond motifs is 1. The van der Waals surface area contributed by atoms with Gasteiger partial charge >= 0.3 is 5.69 Å². The lowest BCUT2D eigenvalue weighted by Gasteiger charge is -2.44. The van der Waals surface area contributed by atoms with Gasteiger partial charge in [-0.3, -0.25) is 24.4 Å². The van der Waals surface area contributed by atoms with Crippen LogP contribution in [0.2, 0.25) is 0 Å². The van der Waals surface area contributed by atoms with Gasteiger partial charge in [0.15, 0.2) is 5.82 Å². The van der Waals surface area contributed by atoms with E-state index < -0.39 is 46.4 Å². The molecule has 1 aromatic carbocycles. The molecule has 3 amide bonds. The summed E-state index contributed by atoms with van der Waals surface area (Å²) in [7, 11) is 0. The number of nitrogens with one attached hydrogen (secondary N) is 3. The summed E-state index contributed by atoms with van der Waals surface area (Å²) >= 11 is 0. The van der Waals surface area contributed by atoms with Gasteiger partial charge in [0.1, 0.15) is 29.0 Å². The maximum Gasteiger partial charge on any atom is 0.348 e.